The Bertz CT molecular complexity index is 895. The number of piperidine rings is 1. The van der Waals surface area contributed by atoms with Crippen molar-refractivity contribution in [3.05, 3.63) is 57.9 Å². The molecule has 1 fully saturated rings. The molecule has 1 aliphatic heterocycles. The van der Waals surface area contributed by atoms with Crippen molar-refractivity contribution in [3.63, 3.8) is 0 Å². The van der Waals surface area contributed by atoms with Gasteiger partial charge in [0.05, 0.1) is 15.2 Å². The van der Waals surface area contributed by atoms with Crippen LogP contribution >= 0.6 is 11.3 Å². The fourth-order valence-electron chi connectivity index (χ4n) is 4.27. The molecule has 0 radical (unpaired) electrons. The van der Waals surface area contributed by atoms with Crippen molar-refractivity contribution in [2.24, 2.45) is 5.92 Å². The molecule has 0 bridgehead atoms. The zero-order valence-electron chi connectivity index (χ0n) is 16.0. The van der Waals surface area contributed by atoms with Crippen LogP contribution in [0, 0.1) is 26.7 Å². The minimum atomic E-state index is 0.749. The molecule has 0 spiro atoms. The van der Waals surface area contributed by atoms with E-state index in [4.69, 9.17) is 0 Å². The Kier molecular flexibility index (Phi) is 5.05. The molecule has 1 aromatic carbocycles. The van der Waals surface area contributed by atoms with Gasteiger partial charge in [-0.1, -0.05) is 6.07 Å². The molecule has 1 saturated heterocycles. The number of hydrogen-bond donors (Lipinski definition) is 0. The number of fused-ring (bicyclic) bond motifs is 1. The lowest BCUT2D eigenvalue weighted by molar-refractivity contribution is 0.167. The quantitative estimate of drug-likeness (QED) is 0.646. The average molecular weight is 366 g/mol. The van der Waals surface area contributed by atoms with Gasteiger partial charge in [0.25, 0.3) is 0 Å². The van der Waals surface area contributed by atoms with E-state index in [1.54, 1.807) is 11.3 Å². The molecule has 0 aliphatic carbocycles. The van der Waals surface area contributed by atoms with Crippen LogP contribution in [-0.2, 0) is 13.0 Å². The van der Waals surface area contributed by atoms with E-state index in [1.165, 1.54) is 48.2 Å². The summed E-state index contributed by atoms with van der Waals surface area (Å²) in [6.07, 6.45) is 3.81. The largest absolute Gasteiger partial charge is 0.299 e. The maximum absolute atomic E-state index is 4.57. The van der Waals surface area contributed by atoms with Crippen LogP contribution in [-0.4, -0.2) is 28.0 Å². The lowest BCUT2D eigenvalue weighted by Gasteiger charge is -2.33. The number of aryl methyl sites for hydroxylation is 3. The molecule has 136 valence electrons. The van der Waals surface area contributed by atoms with Crippen LogP contribution in [0.3, 0.4) is 0 Å². The van der Waals surface area contributed by atoms with Crippen molar-refractivity contribution in [1.82, 2.24) is 14.9 Å². The third kappa shape index (κ3) is 4.13. The maximum Gasteiger partial charge on any atom is 0.0907 e. The number of benzene rings is 1. The van der Waals surface area contributed by atoms with E-state index >= 15 is 0 Å². The van der Waals surface area contributed by atoms with Crippen molar-refractivity contribution in [3.8, 4) is 0 Å². The van der Waals surface area contributed by atoms with E-state index in [1.807, 2.05) is 0 Å². The first-order valence-corrected chi connectivity index (χ1v) is 10.4. The summed E-state index contributed by atoms with van der Waals surface area (Å²) in [4.78, 5) is 11.7. The maximum atomic E-state index is 4.57. The Hall–Kier alpha value is -1.78. The van der Waals surface area contributed by atoms with Gasteiger partial charge in [-0.15, -0.1) is 11.3 Å². The van der Waals surface area contributed by atoms with Gasteiger partial charge in [-0.3, -0.25) is 9.88 Å². The molecule has 0 amide bonds. The highest BCUT2D eigenvalue weighted by Gasteiger charge is 2.20. The third-order valence-corrected chi connectivity index (χ3v) is 6.17. The highest BCUT2D eigenvalue weighted by atomic mass is 32.1. The number of nitrogens with zero attached hydrogens (tertiary/aromatic N) is 3. The van der Waals surface area contributed by atoms with Crippen LogP contribution in [0.2, 0.25) is 0 Å². The summed E-state index contributed by atoms with van der Waals surface area (Å²) in [5.41, 5.74) is 6.28. The number of likely N-dealkylation sites (tertiary alicyclic amines) is 1. The molecule has 3 aromatic rings. The first kappa shape index (κ1) is 17.6. The Morgan fingerprint density at radius 2 is 1.85 bits per heavy atom. The molecule has 26 heavy (non-hydrogen) atoms. The fraction of sp³-hybridized carbons (Fsp3) is 0.455. The fourth-order valence-corrected chi connectivity index (χ4v) is 5.17. The van der Waals surface area contributed by atoms with Crippen LogP contribution in [0.15, 0.2) is 30.3 Å². The zero-order chi connectivity index (χ0) is 18.1. The zero-order valence-corrected chi connectivity index (χ0v) is 16.8. The van der Waals surface area contributed by atoms with Crippen LogP contribution in [0.25, 0.3) is 10.2 Å². The number of hydrogen-bond acceptors (Lipinski definition) is 4. The minimum Gasteiger partial charge on any atom is -0.299 e. The van der Waals surface area contributed by atoms with Gasteiger partial charge >= 0.3 is 0 Å². The van der Waals surface area contributed by atoms with Crippen molar-refractivity contribution in [1.29, 1.82) is 0 Å². The summed E-state index contributed by atoms with van der Waals surface area (Å²) in [5, 5.41) is 1.15. The van der Waals surface area contributed by atoms with E-state index in [2.05, 4.69) is 66.0 Å². The van der Waals surface area contributed by atoms with E-state index in [-0.39, 0.29) is 0 Å². The van der Waals surface area contributed by atoms with Gasteiger partial charge in [0, 0.05) is 24.5 Å². The molecular formula is C22H27N3S. The van der Waals surface area contributed by atoms with E-state index < -0.39 is 0 Å². The second kappa shape index (κ2) is 7.45. The van der Waals surface area contributed by atoms with Crippen LogP contribution in [0.4, 0.5) is 0 Å². The van der Waals surface area contributed by atoms with Crippen molar-refractivity contribution in [2.45, 2.75) is 46.6 Å². The van der Waals surface area contributed by atoms with Gasteiger partial charge in [0.2, 0.25) is 0 Å². The normalized spacial score (nSPS) is 18.5. The Morgan fingerprint density at radius 1 is 1.04 bits per heavy atom. The molecule has 2 aromatic heterocycles. The highest BCUT2D eigenvalue weighted by Crippen LogP contribution is 2.26. The lowest BCUT2D eigenvalue weighted by atomic mass is 9.91. The molecule has 3 nitrogen and oxygen atoms in total. The summed E-state index contributed by atoms with van der Waals surface area (Å²) in [6, 6.07) is 11.3. The summed E-state index contributed by atoms with van der Waals surface area (Å²) >= 11 is 1.80. The summed E-state index contributed by atoms with van der Waals surface area (Å²) in [7, 11) is 0. The van der Waals surface area contributed by atoms with Crippen molar-refractivity contribution in [2.75, 3.05) is 13.1 Å². The second-order valence-corrected chi connectivity index (χ2v) is 8.98. The highest BCUT2D eigenvalue weighted by molar-refractivity contribution is 7.18. The monoisotopic (exact) mass is 365 g/mol. The van der Waals surface area contributed by atoms with E-state index in [0.29, 0.717) is 0 Å². The molecule has 0 N–H and O–H groups in total. The van der Waals surface area contributed by atoms with Crippen LogP contribution < -0.4 is 0 Å². The molecule has 1 atom stereocenters. The van der Waals surface area contributed by atoms with Crippen LogP contribution in [0.5, 0.6) is 0 Å². The third-order valence-electron chi connectivity index (χ3n) is 5.23. The van der Waals surface area contributed by atoms with Gasteiger partial charge in [0.1, 0.15) is 0 Å². The Morgan fingerprint density at radius 3 is 2.65 bits per heavy atom. The molecule has 0 saturated carbocycles. The predicted molar refractivity (Wildman–Crippen MR) is 110 cm³/mol. The first-order chi connectivity index (χ1) is 12.5. The topological polar surface area (TPSA) is 29.0 Å². The molecule has 3 heterocycles. The number of thiazole rings is 1. The summed E-state index contributed by atoms with van der Waals surface area (Å²) in [5.74, 6) is 0.749. The van der Waals surface area contributed by atoms with Gasteiger partial charge in [0.15, 0.2) is 0 Å². The van der Waals surface area contributed by atoms with Gasteiger partial charge < -0.3 is 0 Å². The molecule has 4 rings (SSSR count). The molecule has 4 heteroatoms. The first-order valence-electron chi connectivity index (χ1n) is 9.58. The number of rotatable bonds is 4. The smallest absolute Gasteiger partial charge is 0.0907 e. The molecular weight excluding hydrogens is 338 g/mol. The Balaban J connectivity index is 1.42. The minimum absolute atomic E-state index is 0.749. The number of aromatic nitrogens is 2. The second-order valence-electron chi connectivity index (χ2n) is 7.74. The lowest BCUT2D eigenvalue weighted by Crippen LogP contribution is -2.35. The van der Waals surface area contributed by atoms with Crippen molar-refractivity contribution < 1.29 is 0 Å². The van der Waals surface area contributed by atoms with E-state index in [0.717, 1.165) is 34.4 Å². The standard InChI is InChI=1S/C22H27N3S/c1-15-9-20(10-16(2)23-15)11-18-5-4-8-25(13-18)14-19-6-7-21-22(12-19)26-17(3)24-21/h6-7,9-10,12,18H,4-5,8,11,13-14H2,1-3H3. The summed E-state index contributed by atoms with van der Waals surface area (Å²) < 4.78 is 1.32. The SMILES string of the molecule is Cc1cc(CC2CCCN(Cc3ccc4nc(C)sc4c3)C2)cc(C)n1. The van der Waals surface area contributed by atoms with Gasteiger partial charge in [-0.25, -0.2) is 4.98 Å². The predicted octanol–water partition coefficient (Wildman–Crippen LogP) is 5.07. The van der Waals surface area contributed by atoms with Gasteiger partial charge in [-0.2, -0.15) is 0 Å². The summed E-state index contributed by atoms with van der Waals surface area (Å²) in [6.45, 7) is 9.74. The van der Waals surface area contributed by atoms with Crippen LogP contribution in [0.1, 0.15) is 40.4 Å². The van der Waals surface area contributed by atoms with Crippen molar-refractivity contribution >= 4 is 21.6 Å². The average Bonchev–Trinajstić information content (AvgIpc) is 2.93. The number of pyridine rings is 1. The van der Waals surface area contributed by atoms with Gasteiger partial charge in [-0.05, 0) is 87.9 Å². The van der Waals surface area contributed by atoms with E-state index in [9.17, 15) is 0 Å². The molecule has 1 unspecified atom stereocenters. The Labute approximate surface area is 160 Å². The molecule has 1 aliphatic rings.